The molecule has 120 valence electrons. The van der Waals surface area contributed by atoms with Gasteiger partial charge in [0.25, 0.3) is 0 Å². The minimum Gasteiger partial charge on any atom is -0.496 e. The van der Waals surface area contributed by atoms with Crippen molar-refractivity contribution in [3.05, 3.63) is 59.2 Å². The molecule has 0 saturated heterocycles. The van der Waals surface area contributed by atoms with Crippen molar-refractivity contribution in [3.63, 3.8) is 0 Å². The average Bonchev–Trinajstić information content (AvgIpc) is 2.53. The fourth-order valence-electron chi connectivity index (χ4n) is 2.08. The Hall–Kier alpha value is -2.82. The van der Waals surface area contributed by atoms with Crippen LogP contribution < -0.4 is 10.1 Å². The van der Waals surface area contributed by atoms with Gasteiger partial charge in [-0.25, -0.2) is 0 Å². The minimum atomic E-state index is -0.0955. The summed E-state index contributed by atoms with van der Waals surface area (Å²) >= 11 is 0. The van der Waals surface area contributed by atoms with Gasteiger partial charge in [-0.1, -0.05) is 28.9 Å². The third-order valence-corrected chi connectivity index (χ3v) is 3.16. The van der Waals surface area contributed by atoms with Crippen LogP contribution in [0.2, 0.25) is 0 Å². The number of hydrogen-bond donors (Lipinski definition) is 1. The highest BCUT2D eigenvalue weighted by atomic mass is 16.6. The van der Waals surface area contributed by atoms with E-state index in [9.17, 15) is 4.79 Å². The highest BCUT2D eigenvalue weighted by Crippen LogP contribution is 2.20. The number of rotatable bonds is 6. The summed E-state index contributed by atoms with van der Waals surface area (Å²) in [5, 5.41) is 6.67. The van der Waals surface area contributed by atoms with Crippen LogP contribution in [0.25, 0.3) is 0 Å². The zero-order valence-electron chi connectivity index (χ0n) is 13.5. The molecule has 1 N–H and O–H groups in total. The van der Waals surface area contributed by atoms with Crippen LogP contribution in [0.1, 0.15) is 23.6 Å². The molecule has 2 rings (SSSR count). The van der Waals surface area contributed by atoms with E-state index in [0.717, 1.165) is 28.1 Å². The number of nitrogens with zero attached hydrogens (tertiary/aromatic N) is 1. The summed E-state index contributed by atoms with van der Waals surface area (Å²) < 4.78 is 5.29. The molecule has 0 radical (unpaired) electrons. The first kappa shape index (κ1) is 16.5. The lowest BCUT2D eigenvalue weighted by Crippen LogP contribution is -2.05. The summed E-state index contributed by atoms with van der Waals surface area (Å²) in [4.78, 5) is 16.3. The van der Waals surface area contributed by atoms with Crippen LogP contribution in [0.5, 0.6) is 5.75 Å². The molecule has 0 aromatic heterocycles. The van der Waals surface area contributed by atoms with Gasteiger partial charge in [-0.2, -0.15) is 0 Å². The second-order valence-electron chi connectivity index (χ2n) is 5.13. The van der Waals surface area contributed by atoms with Crippen LogP contribution in [0.3, 0.4) is 0 Å². The van der Waals surface area contributed by atoms with Crippen molar-refractivity contribution < 1.29 is 14.4 Å². The van der Waals surface area contributed by atoms with E-state index in [2.05, 4.69) is 10.5 Å². The van der Waals surface area contributed by atoms with Crippen molar-refractivity contribution in [2.24, 2.45) is 5.16 Å². The summed E-state index contributed by atoms with van der Waals surface area (Å²) in [5.74, 6) is 0.687. The van der Waals surface area contributed by atoms with E-state index in [1.807, 2.05) is 49.4 Å². The van der Waals surface area contributed by atoms with Crippen LogP contribution in [-0.4, -0.2) is 19.2 Å². The van der Waals surface area contributed by atoms with Crippen molar-refractivity contribution in [1.29, 1.82) is 0 Å². The number of carbonyl (C=O) groups excluding carboxylic acids is 1. The molecular weight excluding hydrogens is 292 g/mol. The molecule has 1 amide bonds. The maximum absolute atomic E-state index is 11.0. The number of carbonyl (C=O) groups is 1. The molecule has 0 aliphatic rings. The van der Waals surface area contributed by atoms with Gasteiger partial charge in [0.15, 0.2) is 0 Å². The van der Waals surface area contributed by atoms with Gasteiger partial charge in [0.2, 0.25) is 5.91 Å². The van der Waals surface area contributed by atoms with Crippen molar-refractivity contribution in [1.82, 2.24) is 0 Å². The third-order valence-electron chi connectivity index (χ3n) is 3.16. The zero-order valence-corrected chi connectivity index (χ0v) is 13.5. The Kier molecular flexibility index (Phi) is 5.74. The SMILES string of the molecule is COc1ccc(C)cc1CON=Cc1ccc(NC(C)=O)cc1. The van der Waals surface area contributed by atoms with E-state index in [-0.39, 0.29) is 5.91 Å². The fourth-order valence-corrected chi connectivity index (χ4v) is 2.08. The van der Waals surface area contributed by atoms with Gasteiger partial charge in [0, 0.05) is 18.2 Å². The normalized spacial score (nSPS) is 10.6. The number of anilines is 1. The predicted molar refractivity (Wildman–Crippen MR) is 90.9 cm³/mol. The molecule has 0 atom stereocenters. The largest absolute Gasteiger partial charge is 0.496 e. The first-order valence-corrected chi connectivity index (χ1v) is 7.25. The summed E-state index contributed by atoms with van der Waals surface area (Å²) in [7, 11) is 1.63. The summed E-state index contributed by atoms with van der Waals surface area (Å²) in [6.07, 6.45) is 1.62. The molecule has 0 heterocycles. The summed E-state index contributed by atoms with van der Waals surface area (Å²) in [6.45, 7) is 3.83. The molecule has 5 heteroatoms. The quantitative estimate of drug-likeness (QED) is 0.656. The zero-order chi connectivity index (χ0) is 16.7. The Morgan fingerprint density at radius 3 is 2.61 bits per heavy atom. The lowest BCUT2D eigenvalue weighted by atomic mass is 10.1. The highest BCUT2D eigenvalue weighted by Gasteiger charge is 2.03. The second-order valence-corrected chi connectivity index (χ2v) is 5.13. The average molecular weight is 312 g/mol. The maximum atomic E-state index is 11.0. The Bertz CT molecular complexity index is 694. The molecule has 5 nitrogen and oxygen atoms in total. The van der Waals surface area contributed by atoms with Gasteiger partial charge in [0.05, 0.1) is 13.3 Å². The standard InChI is InChI=1S/C18H20N2O3/c1-13-4-9-18(22-3)16(10-13)12-23-19-11-15-5-7-17(8-6-15)20-14(2)21/h4-11H,12H2,1-3H3,(H,20,21). The van der Waals surface area contributed by atoms with Gasteiger partial charge in [0.1, 0.15) is 12.4 Å². The summed E-state index contributed by atoms with van der Waals surface area (Å²) in [5.41, 5.74) is 3.72. The number of oxime groups is 1. The topological polar surface area (TPSA) is 59.9 Å². The van der Waals surface area contributed by atoms with Gasteiger partial charge in [-0.3, -0.25) is 4.79 Å². The number of methoxy groups -OCH3 is 1. The van der Waals surface area contributed by atoms with Crippen LogP contribution >= 0.6 is 0 Å². The molecule has 0 fully saturated rings. The molecule has 0 aliphatic heterocycles. The first-order valence-electron chi connectivity index (χ1n) is 7.25. The molecule has 0 spiro atoms. The lowest BCUT2D eigenvalue weighted by Gasteiger charge is -2.08. The van der Waals surface area contributed by atoms with Crippen molar-refractivity contribution in [2.45, 2.75) is 20.5 Å². The van der Waals surface area contributed by atoms with Crippen molar-refractivity contribution in [3.8, 4) is 5.75 Å². The summed E-state index contributed by atoms with van der Waals surface area (Å²) in [6, 6.07) is 13.2. The lowest BCUT2D eigenvalue weighted by molar-refractivity contribution is -0.114. The van der Waals surface area contributed by atoms with E-state index in [1.54, 1.807) is 13.3 Å². The van der Waals surface area contributed by atoms with E-state index in [4.69, 9.17) is 9.57 Å². The van der Waals surface area contributed by atoms with E-state index in [0.29, 0.717) is 6.61 Å². The number of benzene rings is 2. The Labute approximate surface area is 135 Å². The second kappa shape index (κ2) is 7.98. The van der Waals surface area contributed by atoms with Gasteiger partial charge in [-0.05, 0) is 36.8 Å². The monoisotopic (exact) mass is 312 g/mol. The minimum absolute atomic E-state index is 0.0955. The predicted octanol–water partition coefficient (Wildman–Crippen LogP) is 3.51. The molecule has 0 aliphatic carbocycles. The maximum Gasteiger partial charge on any atom is 0.221 e. The van der Waals surface area contributed by atoms with E-state index in [1.165, 1.54) is 6.92 Å². The van der Waals surface area contributed by atoms with Gasteiger partial charge in [-0.15, -0.1) is 0 Å². The number of hydrogen-bond acceptors (Lipinski definition) is 4. The molecular formula is C18H20N2O3. The van der Waals surface area contributed by atoms with Crippen molar-refractivity contribution in [2.75, 3.05) is 12.4 Å². The molecule has 23 heavy (non-hydrogen) atoms. The number of aryl methyl sites for hydroxylation is 1. The van der Waals surface area contributed by atoms with Crippen LogP contribution in [0.4, 0.5) is 5.69 Å². The highest BCUT2D eigenvalue weighted by molar-refractivity contribution is 5.89. The van der Waals surface area contributed by atoms with E-state index >= 15 is 0 Å². The number of amides is 1. The number of nitrogens with one attached hydrogen (secondary N) is 1. The smallest absolute Gasteiger partial charge is 0.221 e. The first-order chi connectivity index (χ1) is 11.1. The molecule has 0 saturated carbocycles. The fraction of sp³-hybridized carbons (Fsp3) is 0.222. The molecule has 0 unspecified atom stereocenters. The van der Waals surface area contributed by atoms with Gasteiger partial charge < -0.3 is 14.9 Å². The van der Waals surface area contributed by atoms with Crippen LogP contribution in [0.15, 0.2) is 47.6 Å². The van der Waals surface area contributed by atoms with Gasteiger partial charge >= 0.3 is 0 Å². The molecule has 2 aromatic carbocycles. The molecule has 0 bridgehead atoms. The molecule has 2 aromatic rings. The Morgan fingerprint density at radius 2 is 1.96 bits per heavy atom. The Balaban J connectivity index is 1.92. The van der Waals surface area contributed by atoms with Crippen molar-refractivity contribution >= 4 is 17.8 Å². The third kappa shape index (κ3) is 5.14. The Morgan fingerprint density at radius 1 is 1.22 bits per heavy atom. The number of ether oxygens (including phenoxy) is 1. The van der Waals surface area contributed by atoms with Crippen LogP contribution in [-0.2, 0) is 16.2 Å². The van der Waals surface area contributed by atoms with E-state index < -0.39 is 0 Å². The van der Waals surface area contributed by atoms with Crippen LogP contribution in [0, 0.1) is 6.92 Å².